The van der Waals surface area contributed by atoms with Crippen LogP contribution in [0.1, 0.15) is 230 Å². The second kappa shape index (κ2) is 24.9. The molecule has 344 valence electrons. The summed E-state index contributed by atoms with van der Waals surface area (Å²) in [5.41, 5.74) is -0.145. The Balaban J connectivity index is 1.10. The summed E-state index contributed by atoms with van der Waals surface area (Å²) < 4.78 is 97.4. The minimum atomic E-state index is -1.55. The molecule has 0 bridgehead atoms. The maximum absolute atomic E-state index is 15.9. The highest BCUT2D eigenvalue weighted by molar-refractivity contribution is 5.26. The zero-order valence-electron chi connectivity index (χ0n) is 38.0. The zero-order chi connectivity index (χ0) is 43.1. The molecule has 2 unspecified atom stereocenters. The van der Waals surface area contributed by atoms with Crippen LogP contribution in [0, 0.1) is 82.2 Å². The Morgan fingerprint density at radius 2 is 0.705 bits per heavy atom. The van der Waals surface area contributed by atoms with Crippen molar-refractivity contribution >= 4 is 0 Å². The average molecular weight is 859 g/mol. The summed E-state index contributed by atoms with van der Waals surface area (Å²) in [6, 6.07) is 4.43. The molecule has 1 nitrogen and oxygen atoms in total. The lowest BCUT2D eigenvalue weighted by molar-refractivity contribution is -0.0963. The van der Waals surface area contributed by atoms with E-state index in [0.717, 1.165) is 75.3 Å². The van der Waals surface area contributed by atoms with Crippen molar-refractivity contribution in [2.24, 2.45) is 47.3 Å². The van der Waals surface area contributed by atoms with Crippen molar-refractivity contribution in [3.63, 3.8) is 0 Å². The summed E-state index contributed by atoms with van der Waals surface area (Å²) in [5, 5.41) is 0. The number of unbranched alkanes of at least 4 members (excludes halogenated alkanes) is 10. The van der Waals surface area contributed by atoms with Crippen LogP contribution >= 0.6 is 0 Å². The van der Waals surface area contributed by atoms with Gasteiger partial charge in [0.1, 0.15) is 0 Å². The van der Waals surface area contributed by atoms with Gasteiger partial charge in [0, 0.05) is 11.1 Å². The molecule has 4 fully saturated rings. The van der Waals surface area contributed by atoms with Gasteiger partial charge in [-0.3, -0.25) is 0 Å². The van der Waals surface area contributed by atoms with Crippen molar-refractivity contribution in [2.45, 2.75) is 219 Å². The number of hydrogen-bond acceptors (Lipinski definition) is 1. The van der Waals surface area contributed by atoms with Crippen LogP contribution in [0.3, 0.4) is 0 Å². The van der Waals surface area contributed by atoms with Crippen LogP contribution in [0.25, 0.3) is 0 Å². The second-order valence-electron chi connectivity index (χ2n) is 20.5. The standard InChI is InChI=1S/C54H80F6O/c1-3-5-7-9-11-13-15-37-17-21-39(22-18-37)41-25-29-43(30-26-41)53(45-33-35-47(55)51(59)49(45)57)61-54(46-34-36-48(56)52(60)50(46)58)44-31-27-42(28-32-44)40-23-19-38(20-24-40)16-14-12-10-8-6-4-2/h33-44,53-54H,3-32H2,1-2H3. The Labute approximate surface area is 366 Å². The second-order valence-corrected chi connectivity index (χ2v) is 20.5. The first-order valence-electron chi connectivity index (χ1n) is 25.6. The van der Waals surface area contributed by atoms with Crippen molar-refractivity contribution in [3.05, 3.63) is 70.3 Å². The molecule has 61 heavy (non-hydrogen) atoms. The minimum Gasteiger partial charge on any atom is -0.365 e. The third-order valence-electron chi connectivity index (χ3n) is 16.6. The largest absolute Gasteiger partial charge is 0.365 e. The zero-order valence-corrected chi connectivity index (χ0v) is 38.0. The number of hydrogen-bond donors (Lipinski definition) is 0. The number of halogens is 6. The maximum atomic E-state index is 15.9. The van der Waals surface area contributed by atoms with Crippen molar-refractivity contribution in [3.8, 4) is 0 Å². The van der Waals surface area contributed by atoms with Gasteiger partial charge in [-0.25, -0.2) is 26.3 Å². The molecule has 0 aromatic heterocycles. The van der Waals surface area contributed by atoms with Crippen LogP contribution in [-0.2, 0) is 4.74 Å². The highest BCUT2D eigenvalue weighted by Gasteiger charge is 2.41. The molecule has 2 aromatic carbocycles. The van der Waals surface area contributed by atoms with Crippen molar-refractivity contribution < 1.29 is 31.1 Å². The van der Waals surface area contributed by atoms with Gasteiger partial charge in [-0.15, -0.1) is 0 Å². The fourth-order valence-electron chi connectivity index (χ4n) is 12.7. The molecule has 7 heteroatoms. The van der Waals surface area contributed by atoms with E-state index in [9.17, 15) is 17.6 Å². The van der Waals surface area contributed by atoms with E-state index in [1.165, 1.54) is 153 Å². The van der Waals surface area contributed by atoms with Gasteiger partial charge in [-0.1, -0.05) is 142 Å². The third-order valence-corrected chi connectivity index (χ3v) is 16.6. The van der Waals surface area contributed by atoms with Crippen molar-refractivity contribution in [1.82, 2.24) is 0 Å². The first-order valence-corrected chi connectivity index (χ1v) is 25.6. The molecule has 0 radical (unpaired) electrons. The Kier molecular flexibility index (Phi) is 19.8. The molecular formula is C54H80F6O. The molecule has 4 aliphatic rings. The lowest BCUT2D eigenvalue weighted by atomic mass is 9.67. The van der Waals surface area contributed by atoms with Crippen molar-refractivity contribution in [2.75, 3.05) is 0 Å². The molecule has 2 atom stereocenters. The van der Waals surface area contributed by atoms with Gasteiger partial charge in [0.15, 0.2) is 34.9 Å². The van der Waals surface area contributed by atoms with Crippen LogP contribution in [0.5, 0.6) is 0 Å². The maximum Gasteiger partial charge on any atom is 0.194 e. The summed E-state index contributed by atoms with van der Waals surface area (Å²) in [5.74, 6) is -4.52. The van der Waals surface area contributed by atoms with Crippen LogP contribution in [0.4, 0.5) is 26.3 Å². The Bertz CT molecular complexity index is 1450. The highest BCUT2D eigenvalue weighted by atomic mass is 19.2. The SMILES string of the molecule is CCCCCCCCC1CCC(C2CCC(C(OC(c3ccc(F)c(F)c3F)C3CCC(C4CCC(CCCCCCCC)CC4)CC3)c3ccc(F)c(F)c3F)CC2)CC1. The Morgan fingerprint density at radius 3 is 1.05 bits per heavy atom. The van der Waals surface area contributed by atoms with E-state index in [-0.39, 0.29) is 23.0 Å². The van der Waals surface area contributed by atoms with Gasteiger partial charge >= 0.3 is 0 Å². The smallest absolute Gasteiger partial charge is 0.194 e. The normalized spacial score (nSPS) is 28.5. The minimum absolute atomic E-state index is 0.0723. The van der Waals surface area contributed by atoms with Crippen molar-refractivity contribution in [1.29, 1.82) is 0 Å². The number of ether oxygens (including phenoxy) is 1. The van der Waals surface area contributed by atoms with Crippen LogP contribution in [-0.4, -0.2) is 0 Å². The monoisotopic (exact) mass is 859 g/mol. The molecular weight excluding hydrogens is 779 g/mol. The number of rotatable bonds is 22. The summed E-state index contributed by atoms with van der Waals surface area (Å²) in [6.07, 6.45) is 33.5. The summed E-state index contributed by atoms with van der Waals surface area (Å²) in [6.45, 7) is 4.52. The Hall–Kier alpha value is -2.02. The van der Waals surface area contributed by atoms with E-state index in [0.29, 0.717) is 23.7 Å². The number of benzene rings is 2. The summed E-state index contributed by atoms with van der Waals surface area (Å²) in [4.78, 5) is 0. The topological polar surface area (TPSA) is 9.23 Å². The molecule has 0 N–H and O–H groups in total. The molecule has 6 rings (SSSR count). The third kappa shape index (κ3) is 13.5. The lowest BCUT2D eigenvalue weighted by Gasteiger charge is -2.43. The predicted octanol–water partition coefficient (Wildman–Crippen LogP) is 18.0. The highest BCUT2D eigenvalue weighted by Crippen LogP contribution is 2.51. The average Bonchev–Trinajstić information content (AvgIpc) is 3.29. The predicted molar refractivity (Wildman–Crippen MR) is 237 cm³/mol. The molecule has 0 heterocycles. The summed E-state index contributed by atoms with van der Waals surface area (Å²) >= 11 is 0. The fraction of sp³-hybridized carbons (Fsp3) is 0.778. The molecule has 0 spiro atoms. The van der Waals surface area contributed by atoms with Gasteiger partial charge in [0.05, 0.1) is 12.2 Å². The lowest BCUT2D eigenvalue weighted by Crippen LogP contribution is -2.32. The van der Waals surface area contributed by atoms with Gasteiger partial charge in [0.2, 0.25) is 0 Å². The first kappa shape index (κ1) is 48.4. The molecule has 0 saturated heterocycles. The van der Waals surface area contributed by atoms with Gasteiger partial charge in [-0.05, 0) is 137 Å². The van der Waals surface area contributed by atoms with E-state index in [1.807, 2.05) is 0 Å². The molecule has 4 aliphatic carbocycles. The van der Waals surface area contributed by atoms with E-state index >= 15 is 8.78 Å². The van der Waals surface area contributed by atoms with Gasteiger partial charge < -0.3 is 4.74 Å². The van der Waals surface area contributed by atoms with E-state index in [4.69, 9.17) is 4.74 Å². The fourth-order valence-corrected chi connectivity index (χ4v) is 12.7. The van der Waals surface area contributed by atoms with E-state index in [1.54, 1.807) is 0 Å². The summed E-state index contributed by atoms with van der Waals surface area (Å²) in [7, 11) is 0. The van der Waals surface area contributed by atoms with Crippen LogP contribution in [0.15, 0.2) is 24.3 Å². The quantitative estimate of drug-likeness (QED) is 0.0651. The van der Waals surface area contributed by atoms with Gasteiger partial charge in [-0.2, -0.15) is 0 Å². The molecule has 0 amide bonds. The van der Waals surface area contributed by atoms with E-state index in [2.05, 4.69) is 13.8 Å². The van der Waals surface area contributed by atoms with Crippen LogP contribution in [0.2, 0.25) is 0 Å². The van der Waals surface area contributed by atoms with Gasteiger partial charge in [0.25, 0.3) is 0 Å². The molecule has 0 aliphatic heterocycles. The van der Waals surface area contributed by atoms with Crippen LogP contribution < -0.4 is 0 Å². The molecule has 4 saturated carbocycles. The Morgan fingerprint density at radius 1 is 0.393 bits per heavy atom. The molecule has 2 aromatic rings. The van der Waals surface area contributed by atoms with E-state index < -0.39 is 47.1 Å². The first-order chi connectivity index (χ1) is 29.7.